The summed E-state index contributed by atoms with van der Waals surface area (Å²) in [5, 5.41) is 4.68. The first kappa shape index (κ1) is 44.3. The maximum Gasteiger partial charge on any atom is 0.264 e. The van der Waals surface area contributed by atoms with E-state index in [9.17, 15) is 13.0 Å². The summed E-state index contributed by atoms with van der Waals surface area (Å²) in [4.78, 5) is 2.72. The molecular formula is C56H57N2O5S2+. The molecule has 0 fully saturated rings. The van der Waals surface area contributed by atoms with Crippen LogP contribution in [0.1, 0.15) is 89.0 Å². The van der Waals surface area contributed by atoms with Gasteiger partial charge in [0, 0.05) is 58.6 Å². The van der Waals surface area contributed by atoms with Crippen LogP contribution in [-0.4, -0.2) is 50.5 Å². The Balaban J connectivity index is 1.24. The Bertz CT molecular complexity index is 3260. The number of unbranched alkanes of at least 4 members (excludes halogenated alkanes) is 3. The average Bonchev–Trinajstić information content (AvgIpc) is 3.82. The van der Waals surface area contributed by atoms with Gasteiger partial charge in [0.05, 0.1) is 21.0 Å². The van der Waals surface area contributed by atoms with Crippen LogP contribution in [0.2, 0.25) is 0 Å². The van der Waals surface area contributed by atoms with Crippen LogP contribution < -0.4 is 4.90 Å². The Kier molecular flexibility index (Phi) is 11.7. The lowest BCUT2D eigenvalue weighted by Crippen LogP contribution is -2.28. The standard InChI is InChI=1S/C56H56N2O5S2/c1-6-7-17-36-57-48-32-28-39-20-11-13-24-42(39)52(48)55(2,3)50(57)34-30-46-44-26-15-16-27-45(44)47(54(46)65(62,63)41-22-9-8-10-23-41)31-35-51-56(4,5)53-43-25-14-12-21-40(43)29-33-49(53)58(51)37-18-19-38-64(59,60)61/h8-16,20-35H,6-7,17-19,36-38H2,1-5H3/p+1. The van der Waals surface area contributed by atoms with Crippen LogP contribution in [-0.2, 0) is 30.8 Å². The van der Waals surface area contributed by atoms with E-state index in [-0.39, 0.29) is 21.0 Å². The normalized spacial score (nSPS) is 17.9. The second-order valence-corrected chi connectivity index (χ2v) is 22.0. The van der Waals surface area contributed by atoms with Crippen LogP contribution in [0.3, 0.4) is 0 Å². The molecular weight excluding hydrogens is 845 g/mol. The number of sulfone groups is 1. The number of hydrogen-bond donors (Lipinski definition) is 1. The first-order valence-electron chi connectivity index (χ1n) is 22.8. The van der Waals surface area contributed by atoms with Crippen molar-refractivity contribution in [2.24, 2.45) is 0 Å². The molecule has 2 aliphatic heterocycles. The highest BCUT2D eigenvalue weighted by molar-refractivity contribution is 7.96. The number of hydrogen-bond acceptors (Lipinski definition) is 5. The lowest BCUT2D eigenvalue weighted by molar-refractivity contribution is -0.438. The van der Waals surface area contributed by atoms with E-state index in [1.807, 2.05) is 54.6 Å². The number of benzene rings is 6. The summed E-state index contributed by atoms with van der Waals surface area (Å²) in [5.74, 6) is -0.313. The Morgan fingerprint density at radius 1 is 0.631 bits per heavy atom. The molecule has 1 N–H and O–H groups in total. The molecule has 332 valence electrons. The second kappa shape index (κ2) is 17.2. The van der Waals surface area contributed by atoms with E-state index in [1.54, 1.807) is 24.3 Å². The minimum absolute atomic E-state index is 0.224. The largest absolute Gasteiger partial charge is 0.344 e. The van der Waals surface area contributed by atoms with Gasteiger partial charge in [0.2, 0.25) is 15.5 Å². The van der Waals surface area contributed by atoms with Crippen molar-refractivity contribution in [1.29, 1.82) is 0 Å². The third kappa shape index (κ3) is 7.91. The highest BCUT2D eigenvalue weighted by Gasteiger charge is 2.46. The summed E-state index contributed by atoms with van der Waals surface area (Å²) >= 11 is 0. The van der Waals surface area contributed by atoms with Gasteiger partial charge in [0.15, 0.2) is 5.71 Å². The first-order chi connectivity index (χ1) is 31.1. The van der Waals surface area contributed by atoms with Gasteiger partial charge >= 0.3 is 0 Å². The average molecular weight is 902 g/mol. The van der Waals surface area contributed by atoms with Gasteiger partial charge in [-0.3, -0.25) is 4.55 Å². The van der Waals surface area contributed by atoms with Crippen molar-refractivity contribution in [1.82, 2.24) is 0 Å². The van der Waals surface area contributed by atoms with E-state index in [1.165, 1.54) is 22.0 Å². The molecule has 2 heterocycles. The molecule has 65 heavy (non-hydrogen) atoms. The van der Waals surface area contributed by atoms with E-state index >= 15 is 8.42 Å². The Labute approximate surface area is 384 Å². The van der Waals surface area contributed by atoms with Crippen molar-refractivity contribution in [3.8, 4) is 0 Å². The van der Waals surface area contributed by atoms with Crippen molar-refractivity contribution in [2.75, 3.05) is 23.7 Å². The minimum Gasteiger partial charge on any atom is -0.344 e. The van der Waals surface area contributed by atoms with Crippen molar-refractivity contribution >= 4 is 69.7 Å². The lowest BCUT2D eigenvalue weighted by atomic mass is 9.79. The molecule has 3 aliphatic rings. The van der Waals surface area contributed by atoms with Gasteiger partial charge in [-0.05, 0) is 108 Å². The fraction of sp³-hybridized carbons (Fsp3) is 0.268. The Morgan fingerprint density at radius 3 is 1.95 bits per heavy atom. The molecule has 9 heteroatoms. The molecule has 0 aromatic heterocycles. The highest BCUT2D eigenvalue weighted by atomic mass is 32.2. The van der Waals surface area contributed by atoms with Crippen LogP contribution >= 0.6 is 0 Å². The van der Waals surface area contributed by atoms with Gasteiger partial charge in [0.25, 0.3) is 10.1 Å². The maximum atomic E-state index is 15.3. The van der Waals surface area contributed by atoms with Gasteiger partial charge < -0.3 is 4.90 Å². The van der Waals surface area contributed by atoms with Crippen molar-refractivity contribution < 1.29 is 26.0 Å². The summed E-state index contributed by atoms with van der Waals surface area (Å²) in [6.45, 7) is 12.5. The van der Waals surface area contributed by atoms with Gasteiger partial charge in [0.1, 0.15) is 6.54 Å². The zero-order valence-electron chi connectivity index (χ0n) is 37.9. The third-order valence-corrected chi connectivity index (χ3v) is 16.3. The van der Waals surface area contributed by atoms with E-state index in [2.05, 4.69) is 117 Å². The molecule has 0 radical (unpaired) electrons. The SMILES string of the molecule is CCCCC[N+]1=C(/C=C/C2=C(S(=O)(=O)c3ccccc3)C(=C/C=C3/N(CCCCS(=O)(=O)O)c4ccc5ccccc5c4C3(C)C)/c3ccccc32)C(C)(C)c2c1ccc1ccccc21. The summed E-state index contributed by atoms with van der Waals surface area (Å²) < 4.78 is 66.1. The highest BCUT2D eigenvalue weighted by Crippen LogP contribution is 2.52. The quantitative estimate of drug-likeness (QED) is 0.0665. The van der Waals surface area contributed by atoms with Gasteiger partial charge in [-0.15, -0.1) is 0 Å². The van der Waals surface area contributed by atoms with Gasteiger partial charge in [-0.25, -0.2) is 8.42 Å². The third-order valence-electron chi connectivity index (χ3n) is 13.7. The molecule has 7 nitrogen and oxygen atoms in total. The molecule has 0 spiro atoms. The molecule has 0 amide bonds. The maximum absolute atomic E-state index is 15.3. The summed E-state index contributed by atoms with van der Waals surface area (Å²) in [5.41, 5.74) is 8.83. The van der Waals surface area contributed by atoms with E-state index in [0.29, 0.717) is 30.5 Å². The van der Waals surface area contributed by atoms with Gasteiger partial charge in [-0.1, -0.05) is 130 Å². The zero-order valence-corrected chi connectivity index (χ0v) is 39.5. The van der Waals surface area contributed by atoms with Gasteiger partial charge in [-0.2, -0.15) is 13.0 Å². The molecule has 1 aliphatic carbocycles. The number of allylic oxidation sites excluding steroid dienone is 7. The number of nitrogens with zero attached hydrogens (tertiary/aromatic N) is 2. The predicted octanol–water partition coefficient (Wildman–Crippen LogP) is 12.7. The molecule has 6 aromatic carbocycles. The fourth-order valence-corrected chi connectivity index (χ4v) is 12.9. The van der Waals surface area contributed by atoms with Crippen LogP contribution in [0.5, 0.6) is 0 Å². The first-order valence-corrected chi connectivity index (χ1v) is 25.9. The van der Waals surface area contributed by atoms with Crippen LogP contribution in [0.25, 0.3) is 32.7 Å². The predicted molar refractivity (Wildman–Crippen MR) is 268 cm³/mol. The monoisotopic (exact) mass is 901 g/mol. The van der Waals surface area contributed by atoms with Crippen molar-refractivity contribution in [3.63, 3.8) is 0 Å². The fourth-order valence-electron chi connectivity index (χ4n) is 10.6. The van der Waals surface area contributed by atoms with Crippen LogP contribution in [0, 0.1) is 0 Å². The molecule has 0 saturated heterocycles. The molecule has 0 saturated carbocycles. The summed E-state index contributed by atoms with van der Waals surface area (Å²) in [6.07, 6.45) is 12.3. The molecule has 6 aromatic rings. The zero-order chi connectivity index (χ0) is 45.7. The smallest absolute Gasteiger partial charge is 0.264 e. The summed E-state index contributed by atoms with van der Waals surface area (Å²) in [7, 11) is -8.19. The van der Waals surface area contributed by atoms with E-state index in [4.69, 9.17) is 0 Å². The van der Waals surface area contributed by atoms with Crippen LogP contribution in [0.15, 0.2) is 167 Å². The van der Waals surface area contributed by atoms with E-state index in [0.717, 1.165) is 70.4 Å². The number of fused-ring (bicyclic) bond motifs is 7. The molecule has 9 rings (SSSR count). The minimum atomic E-state index is -4.11. The second-order valence-electron chi connectivity index (χ2n) is 18.6. The van der Waals surface area contributed by atoms with Crippen molar-refractivity contribution in [3.05, 3.63) is 185 Å². The lowest BCUT2D eigenvalue weighted by Gasteiger charge is -2.27. The Morgan fingerprint density at radius 2 is 1.26 bits per heavy atom. The molecule has 0 unspecified atom stereocenters. The summed E-state index contributed by atoms with van der Waals surface area (Å²) in [6, 6.07) is 42.3. The molecule has 0 bridgehead atoms. The van der Waals surface area contributed by atoms with Crippen LogP contribution in [0.4, 0.5) is 11.4 Å². The topological polar surface area (TPSA) is 94.8 Å². The number of anilines is 1. The van der Waals surface area contributed by atoms with Crippen molar-refractivity contribution in [2.45, 2.75) is 82.4 Å². The molecule has 0 atom stereocenters. The Hall–Kier alpha value is -5.87. The number of rotatable bonds is 14. The van der Waals surface area contributed by atoms with E-state index < -0.39 is 25.4 Å².